The fraction of sp³-hybridized carbons (Fsp3) is 0.533. The molecule has 6 heteroatoms. The molecule has 1 aliphatic heterocycles. The highest BCUT2D eigenvalue weighted by atomic mass is 32.2. The van der Waals surface area contributed by atoms with E-state index in [0.717, 1.165) is 5.69 Å². The van der Waals surface area contributed by atoms with Gasteiger partial charge in [0.05, 0.1) is 18.1 Å². The molecule has 5 nitrogen and oxygen atoms in total. The average Bonchev–Trinajstić information content (AvgIpc) is 2.80. The Hall–Kier alpha value is -1.56. The van der Waals surface area contributed by atoms with Crippen molar-refractivity contribution >= 4 is 21.4 Å². The molecule has 0 spiro atoms. The summed E-state index contributed by atoms with van der Waals surface area (Å²) in [5.74, 6) is 0.267. The number of likely N-dealkylation sites (N-methyl/N-ethyl adjacent to an activating group) is 2. The van der Waals surface area contributed by atoms with Crippen molar-refractivity contribution in [2.24, 2.45) is 0 Å². The van der Waals surface area contributed by atoms with Crippen LogP contribution in [0.4, 0.5) is 5.69 Å². The highest BCUT2D eigenvalue weighted by Crippen LogP contribution is 2.18. The lowest BCUT2D eigenvalue weighted by atomic mass is 10.2. The van der Waals surface area contributed by atoms with Crippen LogP contribution in [0.5, 0.6) is 0 Å². The van der Waals surface area contributed by atoms with Crippen molar-refractivity contribution in [2.45, 2.75) is 19.4 Å². The van der Waals surface area contributed by atoms with E-state index in [-0.39, 0.29) is 30.0 Å². The number of para-hydroxylation sites is 1. The van der Waals surface area contributed by atoms with Gasteiger partial charge in [-0.3, -0.25) is 4.79 Å². The first-order valence-corrected chi connectivity index (χ1v) is 9.01. The number of sulfone groups is 1. The molecule has 0 radical (unpaired) electrons. The Morgan fingerprint density at radius 1 is 1.29 bits per heavy atom. The van der Waals surface area contributed by atoms with E-state index in [0.29, 0.717) is 13.0 Å². The Labute approximate surface area is 126 Å². The first kappa shape index (κ1) is 15.8. The van der Waals surface area contributed by atoms with Gasteiger partial charge in [0.25, 0.3) is 0 Å². The average molecular weight is 310 g/mol. The van der Waals surface area contributed by atoms with Crippen LogP contribution >= 0.6 is 0 Å². The molecular weight excluding hydrogens is 288 g/mol. The second-order valence-electron chi connectivity index (χ2n) is 5.43. The maximum Gasteiger partial charge on any atom is 0.242 e. The first-order valence-electron chi connectivity index (χ1n) is 7.19. The van der Waals surface area contributed by atoms with Gasteiger partial charge in [-0.2, -0.15) is 0 Å². The molecule has 1 aromatic carbocycles. The lowest BCUT2D eigenvalue weighted by molar-refractivity contribution is -0.131. The summed E-state index contributed by atoms with van der Waals surface area (Å²) in [6.45, 7) is 2.70. The third-order valence-corrected chi connectivity index (χ3v) is 5.63. The van der Waals surface area contributed by atoms with Gasteiger partial charge in [0.2, 0.25) is 5.91 Å². The Bertz CT molecular complexity index is 586. The van der Waals surface area contributed by atoms with Gasteiger partial charge >= 0.3 is 0 Å². The lowest BCUT2D eigenvalue weighted by Gasteiger charge is -2.29. The number of rotatable bonds is 5. The molecular formula is C15H22N2O3S. The molecule has 1 saturated heterocycles. The zero-order valence-electron chi connectivity index (χ0n) is 12.5. The summed E-state index contributed by atoms with van der Waals surface area (Å²) < 4.78 is 23.2. The van der Waals surface area contributed by atoms with Gasteiger partial charge in [-0.05, 0) is 25.5 Å². The normalized spacial score (nSPS) is 20.2. The van der Waals surface area contributed by atoms with Crippen LogP contribution in [-0.4, -0.2) is 56.9 Å². The van der Waals surface area contributed by atoms with Gasteiger partial charge in [0, 0.05) is 25.3 Å². The SMILES string of the molecule is CCN(C(=O)CN(C)c1ccccc1)C1CCS(=O)(=O)C1. The number of carbonyl (C=O) groups is 1. The number of anilines is 1. The summed E-state index contributed by atoms with van der Waals surface area (Å²) in [6.07, 6.45) is 0.553. The first-order chi connectivity index (χ1) is 9.93. The predicted molar refractivity (Wildman–Crippen MR) is 84.2 cm³/mol. The fourth-order valence-corrected chi connectivity index (χ4v) is 4.46. The molecule has 21 heavy (non-hydrogen) atoms. The molecule has 0 aliphatic carbocycles. The van der Waals surface area contributed by atoms with Crippen LogP contribution in [0.25, 0.3) is 0 Å². The molecule has 1 heterocycles. The number of nitrogens with zero attached hydrogens (tertiary/aromatic N) is 2. The number of benzene rings is 1. The van der Waals surface area contributed by atoms with Crippen LogP contribution in [0.3, 0.4) is 0 Å². The molecule has 0 bridgehead atoms. The molecule has 1 unspecified atom stereocenters. The molecule has 116 valence electrons. The summed E-state index contributed by atoms with van der Waals surface area (Å²) >= 11 is 0. The van der Waals surface area contributed by atoms with Crippen molar-refractivity contribution in [1.29, 1.82) is 0 Å². The van der Waals surface area contributed by atoms with Crippen molar-refractivity contribution in [3.05, 3.63) is 30.3 Å². The van der Waals surface area contributed by atoms with E-state index in [4.69, 9.17) is 0 Å². The van der Waals surface area contributed by atoms with Crippen LogP contribution < -0.4 is 4.90 Å². The number of amides is 1. The molecule has 0 aromatic heterocycles. The van der Waals surface area contributed by atoms with Crippen LogP contribution in [0.1, 0.15) is 13.3 Å². The number of carbonyl (C=O) groups excluding carboxylic acids is 1. The Morgan fingerprint density at radius 3 is 2.48 bits per heavy atom. The van der Waals surface area contributed by atoms with Crippen molar-refractivity contribution in [2.75, 3.05) is 36.5 Å². The minimum atomic E-state index is -2.97. The maximum absolute atomic E-state index is 12.4. The van der Waals surface area contributed by atoms with Gasteiger partial charge in [-0.25, -0.2) is 8.42 Å². The number of hydrogen-bond donors (Lipinski definition) is 0. The van der Waals surface area contributed by atoms with E-state index in [2.05, 4.69) is 0 Å². The zero-order chi connectivity index (χ0) is 15.5. The van der Waals surface area contributed by atoms with Gasteiger partial charge < -0.3 is 9.80 Å². The predicted octanol–water partition coefficient (Wildman–Crippen LogP) is 1.16. The third kappa shape index (κ3) is 3.97. The molecule has 0 saturated carbocycles. The second kappa shape index (κ2) is 6.47. The quantitative estimate of drug-likeness (QED) is 0.819. The standard InChI is InChI=1S/C15H22N2O3S/c1-3-17(14-9-10-21(19,20)12-14)15(18)11-16(2)13-7-5-4-6-8-13/h4-8,14H,3,9-12H2,1-2H3. The second-order valence-corrected chi connectivity index (χ2v) is 7.66. The largest absolute Gasteiger partial charge is 0.365 e. The van der Waals surface area contributed by atoms with Crippen LogP contribution in [0.2, 0.25) is 0 Å². The van der Waals surface area contributed by atoms with Gasteiger partial charge in [0.15, 0.2) is 9.84 Å². The Kier molecular flexibility index (Phi) is 4.88. The van der Waals surface area contributed by atoms with E-state index < -0.39 is 9.84 Å². The van der Waals surface area contributed by atoms with E-state index in [9.17, 15) is 13.2 Å². The van der Waals surface area contributed by atoms with Crippen LogP contribution in [0.15, 0.2) is 30.3 Å². The van der Waals surface area contributed by atoms with Gasteiger partial charge in [-0.15, -0.1) is 0 Å². The minimum Gasteiger partial charge on any atom is -0.365 e. The van der Waals surface area contributed by atoms with E-state index in [1.165, 1.54) is 0 Å². The fourth-order valence-electron chi connectivity index (χ4n) is 2.73. The van der Waals surface area contributed by atoms with Crippen molar-refractivity contribution in [3.8, 4) is 0 Å². The Morgan fingerprint density at radius 2 is 1.95 bits per heavy atom. The molecule has 0 N–H and O–H groups in total. The Balaban J connectivity index is 2.01. The van der Waals surface area contributed by atoms with Crippen molar-refractivity contribution < 1.29 is 13.2 Å². The van der Waals surface area contributed by atoms with Crippen LogP contribution in [-0.2, 0) is 14.6 Å². The summed E-state index contributed by atoms with van der Waals surface area (Å²) in [7, 11) is -1.10. The summed E-state index contributed by atoms with van der Waals surface area (Å²) in [5.41, 5.74) is 0.973. The van der Waals surface area contributed by atoms with Gasteiger partial charge in [-0.1, -0.05) is 18.2 Å². The smallest absolute Gasteiger partial charge is 0.242 e. The van der Waals surface area contributed by atoms with Crippen molar-refractivity contribution in [1.82, 2.24) is 4.90 Å². The van der Waals surface area contributed by atoms with Gasteiger partial charge in [0.1, 0.15) is 0 Å². The molecule has 1 amide bonds. The molecule has 1 fully saturated rings. The van der Waals surface area contributed by atoms with E-state index in [1.54, 1.807) is 4.90 Å². The zero-order valence-corrected chi connectivity index (χ0v) is 13.3. The van der Waals surface area contributed by atoms with E-state index in [1.807, 2.05) is 49.2 Å². The number of hydrogen-bond acceptors (Lipinski definition) is 4. The molecule has 2 rings (SSSR count). The lowest BCUT2D eigenvalue weighted by Crippen LogP contribution is -2.45. The van der Waals surface area contributed by atoms with Crippen molar-refractivity contribution in [3.63, 3.8) is 0 Å². The maximum atomic E-state index is 12.4. The molecule has 1 aromatic rings. The third-order valence-electron chi connectivity index (χ3n) is 3.88. The monoisotopic (exact) mass is 310 g/mol. The highest BCUT2D eigenvalue weighted by Gasteiger charge is 2.33. The molecule has 1 atom stereocenters. The highest BCUT2D eigenvalue weighted by molar-refractivity contribution is 7.91. The molecule has 1 aliphatic rings. The topological polar surface area (TPSA) is 57.7 Å². The summed E-state index contributed by atoms with van der Waals surface area (Å²) in [6, 6.07) is 9.51. The van der Waals surface area contributed by atoms with Crippen LogP contribution in [0, 0.1) is 0 Å². The summed E-state index contributed by atoms with van der Waals surface area (Å²) in [4.78, 5) is 16.0. The summed E-state index contributed by atoms with van der Waals surface area (Å²) in [5, 5.41) is 0. The van der Waals surface area contributed by atoms with E-state index >= 15 is 0 Å². The minimum absolute atomic E-state index is 0.0223.